The van der Waals surface area contributed by atoms with Crippen LogP contribution >= 0.6 is 11.6 Å². The van der Waals surface area contributed by atoms with Crippen molar-refractivity contribution in [2.75, 3.05) is 27.2 Å². The van der Waals surface area contributed by atoms with Gasteiger partial charge < -0.3 is 24.2 Å². The van der Waals surface area contributed by atoms with E-state index in [0.29, 0.717) is 5.84 Å². The van der Waals surface area contributed by atoms with E-state index in [2.05, 4.69) is 15.3 Å². The highest BCUT2D eigenvalue weighted by Gasteiger charge is 2.55. The number of carbonyl (C=O) groups excluding carboxylic acids is 1. The first kappa shape index (κ1) is 22.1. The van der Waals surface area contributed by atoms with E-state index in [1.54, 1.807) is 25.9 Å². The SMILES string of the molecule is CC(=NC(=O)[C@@H]1O[C@@H]2COC(c3ccccc3)O[C@@H]2[C@H](N2N=NCC2Cl)[C@H]1O)N(C)C. The van der Waals surface area contributed by atoms with Crippen molar-refractivity contribution >= 4 is 23.3 Å². The Morgan fingerprint density at radius 2 is 2.03 bits per heavy atom. The van der Waals surface area contributed by atoms with E-state index in [4.69, 9.17) is 25.8 Å². The van der Waals surface area contributed by atoms with Crippen molar-refractivity contribution in [1.29, 1.82) is 0 Å². The van der Waals surface area contributed by atoms with Gasteiger partial charge in [-0.05, 0) is 6.92 Å². The number of fused-ring (bicyclic) bond motifs is 1. The van der Waals surface area contributed by atoms with Crippen LogP contribution in [0.3, 0.4) is 0 Å². The van der Waals surface area contributed by atoms with Crippen molar-refractivity contribution in [3.05, 3.63) is 35.9 Å². The molecule has 0 saturated carbocycles. The van der Waals surface area contributed by atoms with Crippen molar-refractivity contribution in [2.24, 2.45) is 15.3 Å². The third kappa shape index (κ3) is 4.44. The smallest absolute Gasteiger partial charge is 0.279 e. The lowest BCUT2D eigenvalue weighted by Gasteiger charge is -2.49. The van der Waals surface area contributed by atoms with Gasteiger partial charge >= 0.3 is 0 Å². The molecule has 11 heteroatoms. The lowest BCUT2D eigenvalue weighted by molar-refractivity contribution is -0.315. The normalized spacial score (nSPS) is 35.7. The largest absolute Gasteiger partial charge is 0.388 e. The zero-order chi connectivity index (χ0) is 22.1. The molecule has 2 fully saturated rings. The van der Waals surface area contributed by atoms with Gasteiger partial charge in [-0.25, -0.2) is 0 Å². The second kappa shape index (κ2) is 9.17. The Balaban J connectivity index is 1.62. The summed E-state index contributed by atoms with van der Waals surface area (Å²) >= 11 is 6.40. The molecule has 0 aliphatic carbocycles. The Morgan fingerprint density at radius 3 is 2.68 bits per heavy atom. The van der Waals surface area contributed by atoms with Crippen LogP contribution in [0.4, 0.5) is 0 Å². The summed E-state index contributed by atoms with van der Waals surface area (Å²) in [6.45, 7) is 2.15. The highest BCUT2D eigenvalue weighted by Crippen LogP contribution is 2.38. The quantitative estimate of drug-likeness (QED) is 0.320. The molecule has 0 spiro atoms. The molecule has 0 bridgehead atoms. The fraction of sp³-hybridized carbons (Fsp3) is 0.600. The van der Waals surface area contributed by atoms with Crippen molar-refractivity contribution in [3.63, 3.8) is 0 Å². The summed E-state index contributed by atoms with van der Waals surface area (Å²) in [4.78, 5) is 18.6. The molecule has 3 aliphatic heterocycles. The molecule has 4 rings (SSSR count). The van der Waals surface area contributed by atoms with E-state index >= 15 is 0 Å². The number of nitrogens with zero attached hydrogens (tertiary/aromatic N) is 5. The second-order valence-electron chi connectivity index (χ2n) is 7.87. The van der Waals surface area contributed by atoms with Gasteiger partial charge in [-0.15, -0.1) is 0 Å². The van der Waals surface area contributed by atoms with Crippen molar-refractivity contribution in [3.8, 4) is 0 Å². The van der Waals surface area contributed by atoms with Crippen LogP contribution in [-0.2, 0) is 19.0 Å². The molecular weight excluding hydrogens is 426 g/mol. The molecule has 168 valence electrons. The number of hydrogen-bond acceptors (Lipinski definition) is 8. The summed E-state index contributed by atoms with van der Waals surface area (Å²) in [6.07, 6.45) is -4.39. The molecule has 7 atom stereocenters. The number of ether oxygens (including phenoxy) is 3. The van der Waals surface area contributed by atoms with Gasteiger partial charge in [0.15, 0.2) is 12.4 Å². The zero-order valence-corrected chi connectivity index (χ0v) is 18.3. The van der Waals surface area contributed by atoms with Crippen LogP contribution in [0.15, 0.2) is 45.7 Å². The fourth-order valence-corrected chi connectivity index (χ4v) is 4.02. The number of aliphatic hydroxyl groups excluding tert-OH is 1. The van der Waals surface area contributed by atoms with Crippen LogP contribution in [-0.4, -0.2) is 90.0 Å². The standard InChI is InChI=1S/C20H26ClN5O5/c1-11(25(2)3)23-19(28)18-16(27)15(26-14(21)9-22-24-26)17-13(30-18)10-29-20(31-17)12-7-5-4-6-8-12/h4-8,13-18,20,27H,9-10H2,1-3H3/t13-,14?,15-,16-,17+,18-,20?/m1/s1. The van der Waals surface area contributed by atoms with Crippen LogP contribution in [0.25, 0.3) is 0 Å². The van der Waals surface area contributed by atoms with Gasteiger partial charge in [0, 0.05) is 19.7 Å². The van der Waals surface area contributed by atoms with Crippen LogP contribution < -0.4 is 0 Å². The molecule has 1 amide bonds. The number of amides is 1. The molecule has 1 N–H and O–H groups in total. The van der Waals surface area contributed by atoms with Crippen molar-refractivity contribution in [1.82, 2.24) is 9.91 Å². The summed E-state index contributed by atoms with van der Waals surface area (Å²) in [7, 11) is 3.55. The molecule has 3 heterocycles. The number of rotatable bonds is 3. The maximum Gasteiger partial charge on any atom is 0.279 e. The molecule has 31 heavy (non-hydrogen) atoms. The molecule has 10 nitrogen and oxygen atoms in total. The maximum absolute atomic E-state index is 12.8. The Kier molecular flexibility index (Phi) is 6.54. The Hall–Kier alpha value is -2.11. The van der Waals surface area contributed by atoms with E-state index in [-0.39, 0.29) is 13.2 Å². The van der Waals surface area contributed by atoms with E-state index in [1.807, 2.05) is 30.3 Å². The van der Waals surface area contributed by atoms with Crippen LogP contribution in [0.5, 0.6) is 0 Å². The van der Waals surface area contributed by atoms with E-state index < -0.39 is 48.2 Å². The molecule has 1 aromatic carbocycles. The van der Waals surface area contributed by atoms with Crippen LogP contribution in [0, 0.1) is 0 Å². The molecule has 2 saturated heterocycles. The van der Waals surface area contributed by atoms with Gasteiger partial charge in [0.1, 0.15) is 35.7 Å². The average Bonchev–Trinajstić information content (AvgIpc) is 3.18. The molecule has 3 aliphatic rings. The minimum Gasteiger partial charge on any atom is -0.388 e. The summed E-state index contributed by atoms with van der Waals surface area (Å²) in [5.74, 6) is -0.0922. The Labute approximate surface area is 185 Å². The van der Waals surface area contributed by atoms with Crippen molar-refractivity contribution in [2.45, 2.75) is 49.2 Å². The second-order valence-corrected chi connectivity index (χ2v) is 8.38. The highest BCUT2D eigenvalue weighted by atomic mass is 35.5. The molecule has 0 aromatic heterocycles. The third-order valence-corrected chi connectivity index (χ3v) is 5.94. The number of aliphatic hydroxyl groups is 1. The first-order chi connectivity index (χ1) is 14.9. The first-order valence-corrected chi connectivity index (χ1v) is 10.5. The van der Waals surface area contributed by atoms with Crippen molar-refractivity contribution < 1.29 is 24.1 Å². The van der Waals surface area contributed by atoms with Gasteiger partial charge in [-0.1, -0.05) is 47.2 Å². The number of aliphatic imine (C=N–C) groups is 1. The number of benzene rings is 1. The predicted octanol–water partition coefficient (Wildman–Crippen LogP) is 1.35. The monoisotopic (exact) mass is 451 g/mol. The maximum atomic E-state index is 12.8. The van der Waals surface area contributed by atoms with E-state index in [9.17, 15) is 9.90 Å². The minimum atomic E-state index is -1.28. The van der Waals surface area contributed by atoms with E-state index in [0.717, 1.165) is 5.56 Å². The molecule has 0 radical (unpaired) electrons. The fourth-order valence-electron chi connectivity index (χ4n) is 3.79. The topological polar surface area (TPSA) is 109 Å². The predicted molar refractivity (Wildman–Crippen MR) is 111 cm³/mol. The summed E-state index contributed by atoms with van der Waals surface area (Å²) in [6, 6.07) is 8.71. The highest BCUT2D eigenvalue weighted by molar-refractivity contribution is 6.20. The summed E-state index contributed by atoms with van der Waals surface area (Å²) in [5.41, 5.74) is 0.270. The third-order valence-electron chi connectivity index (χ3n) is 5.60. The average molecular weight is 452 g/mol. The summed E-state index contributed by atoms with van der Waals surface area (Å²) < 4.78 is 18.0. The van der Waals surface area contributed by atoms with Gasteiger partial charge in [-0.3, -0.25) is 9.80 Å². The first-order valence-electron chi connectivity index (χ1n) is 10.1. The lowest BCUT2D eigenvalue weighted by atomic mass is 9.90. The number of amidine groups is 1. The van der Waals surface area contributed by atoms with Gasteiger partial charge in [0.05, 0.1) is 13.2 Å². The Bertz CT molecular complexity index is 854. The van der Waals surface area contributed by atoms with Gasteiger partial charge in [0.2, 0.25) is 0 Å². The van der Waals surface area contributed by atoms with Gasteiger partial charge in [0.25, 0.3) is 5.91 Å². The number of hydrogen-bond donors (Lipinski definition) is 1. The number of halogens is 1. The number of alkyl halides is 1. The van der Waals surface area contributed by atoms with Gasteiger partial charge in [-0.2, -0.15) is 10.1 Å². The summed E-state index contributed by atoms with van der Waals surface area (Å²) in [5, 5.41) is 20.7. The zero-order valence-electron chi connectivity index (χ0n) is 17.5. The molecule has 1 aromatic rings. The lowest BCUT2D eigenvalue weighted by Crippen LogP contribution is -2.67. The minimum absolute atomic E-state index is 0.172. The Morgan fingerprint density at radius 1 is 1.29 bits per heavy atom. The van der Waals surface area contributed by atoms with E-state index in [1.165, 1.54) is 5.01 Å². The molecular formula is C20H26ClN5O5. The molecule has 2 unspecified atom stereocenters. The number of carbonyl (C=O) groups is 1. The van der Waals surface area contributed by atoms with Crippen LogP contribution in [0.1, 0.15) is 18.8 Å². The van der Waals surface area contributed by atoms with Crippen LogP contribution in [0.2, 0.25) is 0 Å².